The number of pyridine rings is 1. The summed E-state index contributed by atoms with van der Waals surface area (Å²) in [4.78, 5) is 4.06. The van der Waals surface area contributed by atoms with Crippen LogP contribution in [0.2, 0.25) is 0 Å². The third-order valence-corrected chi connectivity index (χ3v) is 2.42. The Kier molecular flexibility index (Phi) is 4.04. The molecule has 0 aliphatic carbocycles. The number of hydrogen-bond donors (Lipinski definition) is 2. The molecule has 0 amide bonds. The lowest BCUT2D eigenvalue weighted by atomic mass is 10.1. The van der Waals surface area contributed by atoms with Gasteiger partial charge in [-0.05, 0) is 32.4 Å². The second-order valence-corrected chi connectivity index (χ2v) is 3.70. The predicted octanol–water partition coefficient (Wildman–Crippen LogP) is 1.50. The highest BCUT2D eigenvalue weighted by Crippen LogP contribution is 2.11. The molecule has 2 unspecified atom stereocenters. The molecule has 0 spiro atoms. The van der Waals surface area contributed by atoms with E-state index in [0.717, 1.165) is 5.56 Å². The maximum absolute atomic E-state index is 9.34. The molecular formula is C11H18N2O. The van der Waals surface area contributed by atoms with Crippen LogP contribution in [-0.4, -0.2) is 22.2 Å². The standard InChI is InChI=1S/C11H18N2O/c1-8(10(3)14)13-9(2)11-5-4-6-12-7-11/h4-10,13-14H,1-3H3/t8?,9-,10?/m0/s1. The molecule has 0 aliphatic rings. The fraction of sp³-hybridized carbons (Fsp3) is 0.545. The first-order valence-corrected chi connectivity index (χ1v) is 4.95. The van der Waals surface area contributed by atoms with Crippen molar-refractivity contribution in [1.82, 2.24) is 10.3 Å². The summed E-state index contributed by atoms with van der Waals surface area (Å²) in [6.45, 7) is 5.82. The zero-order valence-electron chi connectivity index (χ0n) is 8.94. The molecule has 1 aromatic heterocycles. The molecule has 1 rings (SSSR count). The van der Waals surface area contributed by atoms with Gasteiger partial charge in [0.15, 0.2) is 0 Å². The summed E-state index contributed by atoms with van der Waals surface area (Å²) >= 11 is 0. The normalized spacial score (nSPS) is 17.4. The van der Waals surface area contributed by atoms with Gasteiger partial charge in [-0.25, -0.2) is 0 Å². The Labute approximate surface area is 85.2 Å². The minimum Gasteiger partial charge on any atom is -0.392 e. The molecule has 3 nitrogen and oxygen atoms in total. The summed E-state index contributed by atoms with van der Waals surface area (Å²) in [6, 6.07) is 4.25. The van der Waals surface area contributed by atoms with E-state index in [1.165, 1.54) is 0 Å². The van der Waals surface area contributed by atoms with Crippen LogP contribution in [0.5, 0.6) is 0 Å². The van der Waals surface area contributed by atoms with Crippen LogP contribution < -0.4 is 5.32 Å². The number of nitrogens with one attached hydrogen (secondary N) is 1. The molecule has 0 aliphatic heterocycles. The highest BCUT2D eigenvalue weighted by molar-refractivity contribution is 5.12. The maximum Gasteiger partial charge on any atom is 0.0662 e. The Bertz CT molecular complexity index is 261. The monoisotopic (exact) mass is 194 g/mol. The largest absolute Gasteiger partial charge is 0.392 e. The summed E-state index contributed by atoms with van der Waals surface area (Å²) < 4.78 is 0. The van der Waals surface area contributed by atoms with E-state index in [0.29, 0.717) is 0 Å². The lowest BCUT2D eigenvalue weighted by Gasteiger charge is -2.22. The minimum atomic E-state index is -0.339. The SMILES string of the molecule is CC(O)C(C)N[C@@H](C)c1cccnc1. The summed E-state index contributed by atoms with van der Waals surface area (Å²) in [5.74, 6) is 0. The first-order valence-electron chi connectivity index (χ1n) is 4.95. The van der Waals surface area contributed by atoms with Gasteiger partial charge >= 0.3 is 0 Å². The van der Waals surface area contributed by atoms with Crippen LogP contribution in [0, 0.1) is 0 Å². The van der Waals surface area contributed by atoms with Crippen molar-refractivity contribution >= 4 is 0 Å². The topological polar surface area (TPSA) is 45.1 Å². The Morgan fingerprint density at radius 2 is 2.07 bits per heavy atom. The molecule has 14 heavy (non-hydrogen) atoms. The highest BCUT2D eigenvalue weighted by Gasteiger charge is 2.12. The average Bonchev–Trinajstić information content (AvgIpc) is 2.19. The number of nitrogens with zero attached hydrogens (tertiary/aromatic N) is 1. The lowest BCUT2D eigenvalue weighted by molar-refractivity contribution is 0.147. The molecule has 0 fully saturated rings. The van der Waals surface area contributed by atoms with E-state index >= 15 is 0 Å². The van der Waals surface area contributed by atoms with Crippen molar-refractivity contribution in [3.8, 4) is 0 Å². The van der Waals surface area contributed by atoms with Gasteiger partial charge in [-0.2, -0.15) is 0 Å². The lowest BCUT2D eigenvalue weighted by Crippen LogP contribution is -2.37. The first-order chi connectivity index (χ1) is 6.61. The quantitative estimate of drug-likeness (QED) is 0.763. The number of rotatable bonds is 4. The van der Waals surface area contributed by atoms with Gasteiger partial charge in [0.05, 0.1) is 6.10 Å². The second-order valence-electron chi connectivity index (χ2n) is 3.70. The molecule has 0 radical (unpaired) electrons. The number of aliphatic hydroxyl groups is 1. The van der Waals surface area contributed by atoms with Crippen LogP contribution in [0.3, 0.4) is 0 Å². The van der Waals surface area contributed by atoms with Crippen LogP contribution in [0.4, 0.5) is 0 Å². The molecule has 3 atom stereocenters. The van der Waals surface area contributed by atoms with E-state index in [9.17, 15) is 5.11 Å². The van der Waals surface area contributed by atoms with Gasteiger partial charge < -0.3 is 10.4 Å². The number of aliphatic hydroxyl groups excluding tert-OH is 1. The zero-order valence-corrected chi connectivity index (χ0v) is 8.94. The minimum absolute atomic E-state index is 0.0882. The van der Waals surface area contributed by atoms with Gasteiger partial charge in [0, 0.05) is 24.5 Å². The molecule has 0 saturated carbocycles. The van der Waals surface area contributed by atoms with E-state index in [2.05, 4.69) is 17.2 Å². The van der Waals surface area contributed by atoms with Gasteiger partial charge in [-0.15, -0.1) is 0 Å². The van der Waals surface area contributed by atoms with Crippen molar-refractivity contribution in [3.05, 3.63) is 30.1 Å². The number of aromatic nitrogens is 1. The summed E-state index contributed by atoms with van der Waals surface area (Å²) in [5, 5.41) is 12.6. The van der Waals surface area contributed by atoms with Crippen LogP contribution in [0.25, 0.3) is 0 Å². The summed E-state index contributed by atoms with van der Waals surface area (Å²) in [5.41, 5.74) is 1.14. The Morgan fingerprint density at radius 1 is 1.36 bits per heavy atom. The molecule has 0 saturated heterocycles. The van der Waals surface area contributed by atoms with Crippen molar-refractivity contribution in [3.63, 3.8) is 0 Å². The smallest absolute Gasteiger partial charge is 0.0662 e. The molecule has 78 valence electrons. The molecule has 1 aromatic rings. The summed E-state index contributed by atoms with van der Waals surface area (Å²) in [7, 11) is 0. The molecule has 1 heterocycles. The van der Waals surface area contributed by atoms with Gasteiger partial charge in [-0.3, -0.25) is 4.98 Å². The Balaban J connectivity index is 2.55. The third kappa shape index (κ3) is 3.09. The van der Waals surface area contributed by atoms with Crippen LogP contribution >= 0.6 is 0 Å². The van der Waals surface area contributed by atoms with E-state index < -0.39 is 0 Å². The van der Waals surface area contributed by atoms with Gasteiger partial charge in [0.1, 0.15) is 0 Å². The molecule has 0 bridgehead atoms. The summed E-state index contributed by atoms with van der Waals surface area (Å²) in [6.07, 6.45) is 3.26. The van der Waals surface area contributed by atoms with Gasteiger partial charge in [0.25, 0.3) is 0 Å². The highest BCUT2D eigenvalue weighted by atomic mass is 16.3. The fourth-order valence-corrected chi connectivity index (χ4v) is 1.26. The van der Waals surface area contributed by atoms with E-state index in [-0.39, 0.29) is 18.2 Å². The maximum atomic E-state index is 9.34. The van der Waals surface area contributed by atoms with Crippen molar-refractivity contribution in [2.75, 3.05) is 0 Å². The van der Waals surface area contributed by atoms with Gasteiger partial charge in [-0.1, -0.05) is 6.07 Å². The van der Waals surface area contributed by atoms with E-state index in [1.807, 2.05) is 25.3 Å². The van der Waals surface area contributed by atoms with E-state index in [4.69, 9.17) is 0 Å². The second kappa shape index (κ2) is 5.08. The number of hydrogen-bond acceptors (Lipinski definition) is 3. The van der Waals surface area contributed by atoms with Gasteiger partial charge in [0.2, 0.25) is 0 Å². The van der Waals surface area contributed by atoms with Crippen molar-refractivity contribution in [2.24, 2.45) is 0 Å². The Hall–Kier alpha value is -0.930. The molecule has 3 heteroatoms. The van der Waals surface area contributed by atoms with Crippen LogP contribution in [0.15, 0.2) is 24.5 Å². The van der Waals surface area contributed by atoms with Crippen molar-refractivity contribution in [1.29, 1.82) is 0 Å². The van der Waals surface area contributed by atoms with Crippen molar-refractivity contribution < 1.29 is 5.11 Å². The van der Waals surface area contributed by atoms with Crippen LogP contribution in [0.1, 0.15) is 32.4 Å². The molecule has 0 aromatic carbocycles. The molecular weight excluding hydrogens is 176 g/mol. The average molecular weight is 194 g/mol. The van der Waals surface area contributed by atoms with Crippen LogP contribution in [-0.2, 0) is 0 Å². The molecule has 2 N–H and O–H groups in total. The van der Waals surface area contributed by atoms with Crippen molar-refractivity contribution in [2.45, 2.75) is 39.0 Å². The van der Waals surface area contributed by atoms with E-state index in [1.54, 1.807) is 13.1 Å². The Morgan fingerprint density at radius 3 is 2.57 bits per heavy atom. The predicted molar refractivity (Wildman–Crippen MR) is 56.9 cm³/mol. The fourth-order valence-electron chi connectivity index (χ4n) is 1.26. The third-order valence-electron chi connectivity index (χ3n) is 2.42. The first kappa shape index (κ1) is 11.1. The zero-order chi connectivity index (χ0) is 10.6.